The topological polar surface area (TPSA) is 47.0 Å². The highest BCUT2D eigenvalue weighted by Crippen LogP contribution is 2.33. The van der Waals surface area contributed by atoms with Crippen molar-refractivity contribution in [1.82, 2.24) is 9.97 Å². The highest BCUT2D eigenvalue weighted by atomic mass is 19.1. The largest absolute Gasteiger partial charge is 0.435 e. The fourth-order valence-corrected chi connectivity index (χ4v) is 2.08. The fourth-order valence-electron chi connectivity index (χ4n) is 2.08. The molecule has 0 unspecified atom stereocenters. The van der Waals surface area contributed by atoms with Crippen LogP contribution in [-0.2, 0) is 0 Å². The lowest BCUT2D eigenvalue weighted by Gasteiger charge is -2.16. The number of rotatable bonds is 5. The average Bonchev–Trinajstić information content (AvgIpc) is 2.43. The molecule has 1 N–H and O–H groups in total. The number of hydrogen-bond acceptors (Lipinski definition) is 4. The van der Waals surface area contributed by atoms with Crippen molar-refractivity contribution in [1.29, 1.82) is 0 Å². The minimum Gasteiger partial charge on any atom is -0.435 e. The highest BCUT2D eigenvalue weighted by Gasteiger charge is 2.17. The second-order valence-electron chi connectivity index (χ2n) is 5.16. The lowest BCUT2D eigenvalue weighted by molar-refractivity contribution is 0.419. The van der Waals surface area contributed by atoms with Gasteiger partial charge in [-0.3, -0.25) is 0 Å². The molecule has 2 aromatic rings. The van der Waals surface area contributed by atoms with Crippen LogP contribution >= 0.6 is 0 Å². The van der Waals surface area contributed by atoms with E-state index in [4.69, 9.17) is 4.74 Å². The van der Waals surface area contributed by atoms with Gasteiger partial charge in [0.1, 0.15) is 12.1 Å². The molecule has 0 bridgehead atoms. The van der Waals surface area contributed by atoms with Crippen LogP contribution in [0.3, 0.4) is 0 Å². The number of aromatic nitrogens is 2. The maximum absolute atomic E-state index is 13.9. The van der Waals surface area contributed by atoms with Gasteiger partial charge in [-0.05, 0) is 37.5 Å². The summed E-state index contributed by atoms with van der Waals surface area (Å²) in [6, 6.07) is 4.76. The molecule has 2 rings (SSSR count). The van der Waals surface area contributed by atoms with Gasteiger partial charge in [0.05, 0.1) is 5.56 Å². The van der Waals surface area contributed by atoms with E-state index < -0.39 is 5.82 Å². The van der Waals surface area contributed by atoms with Crippen LogP contribution in [-0.4, -0.2) is 16.5 Å². The van der Waals surface area contributed by atoms with Crippen molar-refractivity contribution in [3.8, 4) is 11.6 Å². The standard InChI is InChI=1S/C16H20FN3O/c1-5-18-15-14(10(2)3)16(20-9-19-15)21-13-8-11(4)6-7-12(13)17/h6-10H,5H2,1-4H3,(H,18,19,20). The fraction of sp³-hybridized carbons (Fsp3) is 0.375. The predicted octanol–water partition coefficient (Wildman–Crippen LogP) is 4.27. The van der Waals surface area contributed by atoms with Gasteiger partial charge in [-0.1, -0.05) is 19.9 Å². The molecule has 5 heteroatoms. The Bertz CT molecular complexity index is 629. The monoisotopic (exact) mass is 289 g/mol. The Hall–Kier alpha value is -2.17. The summed E-state index contributed by atoms with van der Waals surface area (Å²) < 4.78 is 19.6. The molecular formula is C16H20FN3O. The Balaban J connectivity index is 2.43. The van der Waals surface area contributed by atoms with E-state index in [1.165, 1.54) is 12.4 Å². The van der Waals surface area contributed by atoms with Crippen molar-refractivity contribution in [2.24, 2.45) is 0 Å². The van der Waals surface area contributed by atoms with E-state index in [1.54, 1.807) is 12.1 Å². The summed E-state index contributed by atoms with van der Waals surface area (Å²) in [7, 11) is 0. The number of nitrogens with zero attached hydrogens (tertiary/aromatic N) is 2. The highest BCUT2D eigenvalue weighted by molar-refractivity contribution is 5.51. The summed E-state index contributed by atoms with van der Waals surface area (Å²) in [5.74, 6) is 1.05. The summed E-state index contributed by atoms with van der Waals surface area (Å²) in [4.78, 5) is 8.40. The lowest BCUT2D eigenvalue weighted by Crippen LogP contribution is -2.07. The molecule has 0 aliphatic carbocycles. The molecule has 1 aromatic carbocycles. The van der Waals surface area contributed by atoms with Gasteiger partial charge in [-0.15, -0.1) is 0 Å². The molecule has 21 heavy (non-hydrogen) atoms. The van der Waals surface area contributed by atoms with E-state index in [0.29, 0.717) is 5.88 Å². The van der Waals surface area contributed by atoms with Gasteiger partial charge in [-0.2, -0.15) is 0 Å². The third-order valence-electron chi connectivity index (χ3n) is 3.06. The molecule has 0 spiro atoms. The van der Waals surface area contributed by atoms with Crippen molar-refractivity contribution in [3.05, 3.63) is 41.5 Å². The Labute approximate surface area is 124 Å². The number of nitrogens with one attached hydrogen (secondary N) is 1. The normalized spacial score (nSPS) is 10.8. The number of halogens is 1. The van der Waals surface area contributed by atoms with Gasteiger partial charge >= 0.3 is 0 Å². The van der Waals surface area contributed by atoms with Crippen LogP contribution < -0.4 is 10.1 Å². The zero-order valence-corrected chi connectivity index (χ0v) is 12.8. The first-order chi connectivity index (χ1) is 10.0. The van der Waals surface area contributed by atoms with Crippen LogP contribution in [0.4, 0.5) is 10.2 Å². The van der Waals surface area contributed by atoms with Crippen LogP contribution in [0, 0.1) is 12.7 Å². The zero-order valence-electron chi connectivity index (χ0n) is 12.8. The van der Waals surface area contributed by atoms with Gasteiger partial charge in [0.2, 0.25) is 5.88 Å². The molecule has 112 valence electrons. The molecule has 0 atom stereocenters. The van der Waals surface area contributed by atoms with Crippen molar-refractivity contribution in [2.45, 2.75) is 33.6 Å². The van der Waals surface area contributed by atoms with Gasteiger partial charge in [0.25, 0.3) is 0 Å². The summed E-state index contributed by atoms with van der Waals surface area (Å²) in [6.45, 7) is 8.68. The molecule has 0 saturated carbocycles. The van der Waals surface area contributed by atoms with E-state index in [9.17, 15) is 4.39 Å². The van der Waals surface area contributed by atoms with E-state index >= 15 is 0 Å². The summed E-state index contributed by atoms with van der Waals surface area (Å²) in [5, 5.41) is 3.18. The van der Waals surface area contributed by atoms with Gasteiger partial charge < -0.3 is 10.1 Å². The third-order valence-corrected chi connectivity index (χ3v) is 3.06. The maximum Gasteiger partial charge on any atom is 0.228 e. The van der Waals surface area contributed by atoms with E-state index in [-0.39, 0.29) is 11.7 Å². The van der Waals surface area contributed by atoms with Crippen LogP contribution in [0.1, 0.15) is 37.8 Å². The number of hydrogen-bond donors (Lipinski definition) is 1. The van der Waals surface area contributed by atoms with Crippen LogP contribution in [0.15, 0.2) is 24.5 Å². The Morgan fingerprint density at radius 2 is 2.05 bits per heavy atom. The molecule has 0 fully saturated rings. The smallest absolute Gasteiger partial charge is 0.228 e. The number of aryl methyl sites for hydroxylation is 1. The number of anilines is 1. The van der Waals surface area contributed by atoms with Crippen LogP contribution in [0.25, 0.3) is 0 Å². The molecule has 0 radical (unpaired) electrons. The molecule has 0 aliphatic heterocycles. The second-order valence-corrected chi connectivity index (χ2v) is 5.16. The van der Waals surface area contributed by atoms with E-state index in [2.05, 4.69) is 15.3 Å². The number of ether oxygens (including phenoxy) is 1. The first-order valence-electron chi connectivity index (χ1n) is 7.05. The molecule has 0 aliphatic rings. The van der Waals surface area contributed by atoms with E-state index in [0.717, 1.165) is 23.5 Å². The molecule has 4 nitrogen and oxygen atoms in total. The average molecular weight is 289 g/mol. The van der Waals surface area contributed by atoms with Gasteiger partial charge in [0.15, 0.2) is 11.6 Å². The van der Waals surface area contributed by atoms with E-state index in [1.807, 2.05) is 27.7 Å². The minimum atomic E-state index is -0.404. The molecule has 0 amide bonds. The molecule has 1 aromatic heterocycles. The first-order valence-corrected chi connectivity index (χ1v) is 7.05. The predicted molar refractivity (Wildman–Crippen MR) is 81.5 cm³/mol. The quantitative estimate of drug-likeness (QED) is 0.892. The first kappa shape index (κ1) is 15.2. The summed E-state index contributed by atoms with van der Waals surface area (Å²) in [5.41, 5.74) is 1.78. The van der Waals surface area contributed by atoms with Crippen molar-refractivity contribution >= 4 is 5.82 Å². The minimum absolute atomic E-state index is 0.156. The van der Waals surface area contributed by atoms with Crippen LogP contribution in [0.5, 0.6) is 11.6 Å². The van der Waals surface area contributed by atoms with Crippen molar-refractivity contribution in [3.63, 3.8) is 0 Å². The SMILES string of the molecule is CCNc1ncnc(Oc2cc(C)ccc2F)c1C(C)C. The van der Waals surface area contributed by atoms with Gasteiger partial charge in [0, 0.05) is 6.54 Å². The molecule has 0 saturated heterocycles. The lowest BCUT2D eigenvalue weighted by atomic mass is 10.1. The summed E-state index contributed by atoms with van der Waals surface area (Å²) >= 11 is 0. The van der Waals surface area contributed by atoms with Crippen molar-refractivity contribution < 1.29 is 9.13 Å². The van der Waals surface area contributed by atoms with Gasteiger partial charge in [-0.25, -0.2) is 14.4 Å². The zero-order chi connectivity index (χ0) is 15.4. The summed E-state index contributed by atoms with van der Waals surface area (Å²) in [6.07, 6.45) is 1.42. The molecular weight excluding hydrogens is 269 g/mol. The number of benzene rings is 1. The van der Waals surface area contributed by atoms with Crippen LogP contribution in [0.2, 0.25) is 0 Å². The Kier molecular flexibility index (Phi) is 4.73. The van der Waals surface area contributed by atoms with Crippen molar-refractivity contribution in [2.75, 3.05) is 11.9 Å². The second kappa shape index (κ2) is 6.52. The maximum atomic E-state index is 13.9. The Morgan fingerprint density at radius 3 is 2.71 bits per heavy atom. The Morgan fingerprint density at radius 1 is 1.29 bits per heavy atom. The molecule has 1 heterocycles. The third kappa shape index (κ3) is 3.48.